The first-order chi connectivity index (χ1) is 7.25. The lowest BCUT2D eigenvalue weighted by Gasteiger charge is -2.06. The van der Waals surface area contributed by atoms with E-state index in [0.717, 1.165) is 18.2 Å². The first-order valence-electron chi connectivity index (χ1n) is 4.38. The van der Waals surface area contributed by atoms with E-state index >= 15 is 0 Å². The largest absolute Gasteiger partial charge is 0.352 e. The predicted molar refractivity (Wildman–Crippen MR) is 53.9 cm³/mol. The van der Waals surface area contributed by atoms with Crippen molar-refractivity contribution < 1.29 is 8.78 Å². The van der Waals surface area contributed by atoms with Gasteiger partial charge in [-0.2, -0.15) is 0 Å². The molecular weight excluding hydrogens is 198 g/mol. The minimum atomic E-state index is -0.500. The molecule has 0 aliphatic carbocycles. The van der Waals surface area contributed by atoms with E-state index < -0.39 is 11.6 Å². The third kappa shape index (κ3) is 2.28. The number of pyridine rings is 1. The quantitative estimate of drug-likeness (QED) is 0.816. The number of rotatable bonds is 2. The van der Waals surface area contributed by atoms with Crippen molar-refractivity contribution in [3.05, 3.63) is 54.4 Å². The molecule has 1 aromatic carbocycles. The van der Waals surface area contributed by atoms with Gasteiger partial charge in [0, 0.05) is 12.3 Å². The molecule has 2 nitrogen and oxygen atoms in total. The monoisotopic (exact) mass is 206 g/mol. The Morgan fingerprint density at radius 3 is 2.73 bits per heavy atom. The Bertz CT molecular complexity index is 457. The van der Waals surface area contributed by atoms with Crippen LogP contribution in [0.2, 0.25) is 0 Å². The number of nitrogens with one attached hydrogen (secondary N) is 1. The molecule has 76 valence electrons. The van der Waals surface area contributed by atoms with Crippen LogP contribution in [0.5, 0.6) is 0 Å². The Kier molecular flexibility index (Phi) is 2.58. The Labute approximate surface area is 85.6 Å². The first kappa shape index (κ1) is 9.58. The van der Waals surface area contributed by atoms with Gasteiger partial charge in [-0.3, -0.25) is 4.98 Å². The zero-order valence-corrected chi connectivity index (χ0v) is 7.74. The molecule has 1 N–H and O–H groups in total. The van der Waals surface area contributed by atoms with Gasteiger partial charge >= 0.3 is 0 Å². The van der Waals surface area contributed by atoms with Crippen LogP contribution in [0.3, 0.4) is 0 Å². The molecule has 4 heteroatoms. The fraction of sp³-hybridized carbons (Fsp3) is 0. The topological polar surface area (TPSA) is 24.9 Å². The second-order valence-electron chi connectivity index (χ2n) is 2.99. The molecule has 15 heavy (non-hydrogen) atoms. The van der Waals surface area contributed by atoms with Crippen molar-refractivity contribution in [2.45, 2.75) is 0 Å². The SMILES string of the molecule is Fc1ccc(F)c(Nc2cccnc2)c1. The number of hydrogen-bond acceptors (Lipinski definition) is 2. The molecule has 1 aromatic heterocycles. The molecule has 0 unspecified atom stereocenters. The lowest BCUT2D eigenvalue weighted by atomic mass is 10.3. The fourth-order valence-corrected chi connectivity index (χ4v) is 1.19. The Hall–Kier alpha value is -1.97. The molecule has 2 rings (SSSR count). The molecule has 0 aliphatic rings. The molecular formula is C11H8F2N2. The zero-order chi connectivity index (χ0) is 10.7. The lowest BCUT2D eigenvalue weighted by Crippen LogP contribution is -1.94. The summed E-state index contributed by atoms with van der Waals surface area (Å²) >= 11 is 0. The maximum absolute atomic E-state index is 13.2. The lowest BCUT2D eigenvalue weighted by molar-refractivity contribution is 0.603. The zero-order valence-electron chi connectivity index (χ0n) is 7.74. The molecule has 0 amide bonds. The second-order valence-corrected chi connectivity index (χ2v) is 2.99. The molecule has 0 radical (unpaired) electrons. The van der Waals surface area contributed by atoms with E-state index in [1.807, 2.05) is 0 Å². The van der Waals surface area contributed by atoms with Crippen molar-refractivity contribution in [3.8, 4) is 0 Å². The normalized spacial score (nSPS) is 10.0. The van der Waals surface area contributed by atoms with Gasteiger partial charge in [0.15, 0.2) is 0 Å². The van der Waals surface area contributed by atoms with E-state index in [9.17, 15) is 8.78 Å². The highest BCUT2D eigenvalue weighted by atomic mass is 19.1. The number of benzene rings is 1. The van der Waals surface area contributed by atoms with Gasteiger partial charge in [0.05, 0.1) is 17.6 Å². The van der Waals surface area contributed by atoms with E-state index in [-0.39, 0.29) is 5.69 Å². The number of aromatic nitrogens is 1. The van der Waals surface area contributed by atoms with E-state index in [0.29, 0.717) is 5.69 Å². The van der Waals surface area contributed by atoms with Gasteiger partial charge in [-0.05, 0) is 24.3 Å². The van der Waals surface area contributed by atoms with Gasteiger partial charge < -0.3 is 5.32 Å². The number of halogens is 2. The van der Waals surface area contributed by atoms with Crippen molar-refractivity contribution in [2.75, 3.05) is 5.32 Å². The summed E-state index contributed by atoms with van der Waals surface area (Å²) in [7, 11) is 0. The van der Waals surface area contributed by atoms with Crippen LogP contribution in [0.25, 0.3) is 0 Å². The minimum absolute atomic E-state index is 0.100. The van der Waals surface area contributed by atoms with Crippen LogP contribution in [0.1, 0.15) is 0 Å². The maximum Gasteiger partial charge on any atom is 0.146 e. The average Bonchev–Trinajstić information content (AvgIpc) is 2.25. The van der Waals surface area contributed by atoms with Crippen LogP contribution in [0.4, 0.5) is 20.2 Å². The molecule has 0 aliphatic heterocycles. The fourth-order valence-electron chi connectivity index (χ4n) is 1.19. The van der Waals surface area contributed by atoms with Gasteiger partial charge in [-0.15, -0.1) is 0 Å². The molecule has 2 aromatic rings. The summed E-state index contributed by atoms with van der Waals surface area (Å²) in [6.45, 7) is 0. The average molecular weight is 206 g/mol. The van der Waals surface area contributed by atoms with Gasteiger partial charge in [-0.1, -0.05) is 0 Å². The molecule has 0 saturated carbocycles. The molecule has 0 bridgehead atoms. The summed E-state index contributed by atoms with van der Waals surface area (Å²) in [5.41, 5.74) is 0.713. The van der Waals surface area contributed by atoms with E-state index in [4.69, 9.17) is 0 Å². The number of hydrogen-bond donors (Lipinski definition) is 1. The third-order valence-electron chi connectivity index (χ3n) is 1.87. The van der Waals surface area contributed by atoms with Crippen molar-refractivity contribution in [1.82, 2.24) is 4.98 Å². The predicted octanol–water partition coefficient (Wildman–Crippen LogP) is 3.10. The summed E-state index contributed by atoms with van der Waals surface area (Å²) < 4.78 is 26.0. The van der Waals surface area contributed by atoms with Crippen molar-refractivity contribution in [1.29, 1.82) is 0 Å². The molecule has 0 fully saturated rings. The summed E-state index contributed by atoms with van der Waals surface area (Å²) in [6, 6.07) is 6.68. The van der Waals surface area contributed by atoms with Crippen LogP contribution < -0.4 is 5.32 Å². The highest BCUT2D eigenvalue weighted by molar-refractivity contribution is 5.58. The third-order valence-corrected chi connectivity index (χ3v) is 1.87. The maximum atomic E-state index is 13.2. The van der Waals surface area contributed by atoms with Crippen LogP contribution in [-0.4, -0.2) is 4.98 Å². The van der Waals surface area contributed by atoms with Crippen molar-refractivity contribution >= 4 is 11.4 Å². The molecule has 0 saturated heterocycles. The number of nitrogens with zero attached hydrogens (tertiary/aromatic N) is 1. The van der Waals surface area contributed by atoms with E-state index in [2.05, 4.69) is 10.3 Å². The Morgan fingerprint density at radius 2 is 2.00 bits per heavy atom. The molecule has 0 spiro atoms. The number of anilines is 2. The molecule has 0 atom stereocenters. The highest BCUT2D eigenvalue weighted by Gasteiger charge is 2.03. The van der Waals surface area contributed by atoms with E-state index in [1.54, 1.807) is 18.3 Å². The minimum Gasteiger partial charge on any atom is -0.352 e. The summed E-state index contributed by atoms with van der Waals surface area (Å²) in [5, 5.41) is 2.74. The second kappa shape index (κ2) is 4.04. The van der Waals surface area contributed by atoms with Crippen molar-refractivity contribution in [3.63, 3.8) is 0 Å². The van der Waals surface area contributed by atoms with Crippen LogP contribution >= 0.6 is 0 Å². The smallest absolute Gasteiger partial charge is 0.146 e. The van der Waals surface area contributed by atoms with Crippen LogP contribution in [0.15, 0.2) is 42.7 Å². The standard InChI is InChI=1S/C11H8F2N2/c12-8-3-4-10(13)11(6-8)15-9-2-1-5-14-7-9/h1-7,15H. The van der Waals surface area contributed by atoms with Crippen LogP contribution in [-0.2, 0) is 0 Å². The summed E-state index contributed by atoms with van der Waals surface area (Å²) in [4.78, 5) is 3.85. The Balaban J connectivity index is 2.28. The van der Waals surface area contributed by atoms with E-state index in [1.165, 1.54) is 6.20 Å². The van der Waals surface area contributed by atoms with Gasteiger partial charge in [0.2, 0.25) is 0 Å². The molecule has 1 heterocycles. The van der Waals surface area contributed by atoms with Gasteiger partial charge in [0.25, 0.3) is 0 Å². The first-order valence-corrected chi connectivity index (χ1v) is 4.38. The highest BCUT2D eigenvalue weighted by Crippen LogP contribution is 2.19. The summed E-state index contributed by atoms with van der Waals surface area (Å²) in [5.74, 6) is -0.983. The van der Waals surface area contributed by atoms with Gasteiger partial charge in [0.1, 0.15) is 11.6 Å². The summed E-state index contributed by atoms with van der Waals surface area (Å²) in [6.07, 6.45) is 3.14. The Morgan fingerprint density at radius 1 is 1.13 bits per heavy atom. The van der Waals surface area contributed by atoms with Gasteiger partial charge in [-0.25, -0.2) is 8.78 Å². The van der Waals surface area contributed by atoms with Crippen molar-refractivity contribution in [2.24, 2.45) is 0 Å². The van der Waals surface area contributed by atoms with Crippen LogP contribution in [0, 0.1) is 11.6 Å².